The first kappa shape index (κ1) is 22.4. The molecule has 3 fully saturated rings. The van der Waals surface area contributed by atoms with Gasteiger partial charge in [-0.1, -0.05) is 0 Å². The number of rotatable bonds is 4. The van der Waals surface area contributed by atoms with Crippen LogP contribution in [-0.4, -0.2) is 101 Å². The minimum Gasteiger partial charge on any atom is -0.381 e. The number of anilines is 1. The van der Waals surface area contributed by atoms with Crippen molar-refractivity contribution in [2.24, 2.45) is 0 Å². The average Bonchev–Trinajstić information content (AvgIpc) is 3.30. The van der Waals surface area contributed by atoms with Crippen LogP contribution in [0.4, 0.5) is 10.6 Å². The zero-order valence-corrected chi connectivity index (χ0v) is 19.9. The highest BCUT2D eigenvalue weighted by atomic mass is 16.5. The van der Waals surface area contributed by atoms with E-state index in [0.29, 0.717) is 18.0 Å². The maximum absolute atomic E-state index is 12.2. The number of H-pyrrole nitrogens is 1. The largest absolute Gasteiger partial charge is 0.381 e. The molecular weight excluding hydrogens is 418 g/mol. The summed E-state index contributed by atoms with van der Waals surface area (Å²) in [5, 5.41) is 4.93. The van der Waals surface area contributed by atoms with Gasteiger partial charge in [0.25, 0.3) is 0 Å². The molecule has 2 saturated heterocycles. The van der Waals surface area contributed by atoms with Gasteiger partial charge in [-0.15, -0.1) is 0 Å². The minimum atomic E-state index is 0.128. The number of urea groups is 1. The molecule has 0 unspecified atom stereocenters. The van der Waals surface area contributed by atoms with Gasteiger partial charge < -0.3 is 24.8 Å². The summed E-state index contributed by atoms with van der Waals surface area (Å²) in [5.41, 5.74) is 2.25. The quantitative estimate of drug-likeness (QED) is 0.737. The van der Waals surface area contributed by atoms with Gasteiger partial charge in [-0.2, -0.15) is 0 Å². The van der Waals surface area contributed by atoms with E-state index < -0.39 is 0 Å². The van der Waals surface area contributed by atoms with Gasteiger partial charge in [-0.3, -0.25) is 4.90 Å². The highest BCUT2D eigenvalue weighted by Crippen LogP contribution is 2.36. The molecule has 3 aliphatic rings. The van der Waals surface area contributed by atoms with Crippen LogP contribution in [0.25, 0.3) is 11.0 Å². The molecule has 4 heterocycles. The second kappa shape index (κ2) is 9.85. The Morgan fingerprint density at radius 2 is 1.79 bits per heavy atom. The van der Waals surface area contributed by atoms with Crippen molar-refractivity contribution in [2.75, 3.05) is 58.8 Å². The number of nitrogens with one attached hydrogen (secondary N) is 2. The van der Waals surface area contributed by atoms with Crippen LogP contribution < -0.4 is 5.32 Å². The fourth-order valence-electron chi connectivity index (χ4n) is 5.77. The third-order valence-corrected chi connectivity index (χ3v) is 7.68. The van der Waals surface area contributed by atoms with Crippen molar-refractivity contribution in [3.8, 4) is 0 Å². The second-order valence-corrected chi connectivity index (χ2v) is 9.93. The van der Waals surface area contributed by atoms with Crippen LogP contribution in [0.1, 0.15) is 50.0 Å². The van der Waals surface area contributed by atoms with Crippen molar-refractivity contribution in [3.05, 3.63) is 18.1 Å². The van der Waals surface area contributed by atoms with Gasteiger partial charge in [0.2, 0.25) is 0 Å². The molecule has 2 aromatic heterocycles. The van der Waals surface area contributed by atoms with Crippen LogP contribution >= 0.6 is 0 Å². The molecule has 9 heteroatoms. The summed E-state index contributed by atoms with van der Waals surface area (Å²) in [6.07, 6.45) is 10.6. The lowest BCUT2D eigenvalue weighted by molar-refractivity contribution is 0.0815. The Morgan fingerprint density at radius 1 is 1.06 bits per heavy atom. The Bertz CT molecular complexity index is 939. The number of carbonyl (C=O) groups excluding carboxylic acids is 1. The first-order valence-corrected chi connectivity index (χ1v) is 12.5. The number of carbonyl (C=O) groups is 1. The van der Waals surface area contributed by atoms with E-state index in [1.54, 1.807) is 11.2 Å². The van der Waals surface area contributed by atoms with Crippen LogP contribution in [0.15, 0.2) is 12.5 Å². The van der Waals surface area contributed by atoms with Gasteiger partial charge in [-0.25, -0.2) is 14.8 Å². The normalized spacial score (nSPS) is 25.3. The van der Waals surface area contributed by atoms with Crippen molar-refractivity contribution in [1.82, 2.24) is 29.7 Å². The molecule has 180 valence electrons. The van der Waals surface area contributed by atoms with E-state index in [4.69, 9.17) is 4.74 Å². The summed E-state index contributed by atoms with van der Waals surface area (Å²) in [6.45, 7) is 5.28. The molecule has 33 heavy (non-hydrogen) atoms. The van der Waals surface area contributed by atoms with Gasteiger partial charge in [0.1, 0.15) is 17.8 Å². The molecule has 0 atom stereocenters. The molecular formula is C24H37N7O2. The van der Waals surface area contributed by atoms with Crippen molar-refractivity contribution < 1.29 is 9.53 Å². The molecule has 0 spiro atoms. The maximum Gasteiger partial charge on any atom is 0.319 e. The molecule has 1 aliphatic carbocycles. The number of hydrogen-bond acceptors (Lipinski definition) is 6. The van der Waals surface area contributed by atoms with Crippen LogP contribution in [0.2, 0.25) is 0 Å². The molecule has 9 nitrogen and oxygen atoms in total. The summed E-state index contributed by atoms with van der Waals surface area (Å²) in [4.78, 5) is 30.9. The van der Waals surface area contributed by atoms with Crippen LogP contribution in [0.3, 0.4) is 0 Å². The second-order valence-electron chi connectivity index (χ2n) is 9.93. The summed E-state index contributed by atoms with van der Waals surface area (Å²) in [7, 11) is 3.66. The van der Waals surface area contributed by atoms with Gasteiger partial charge in [0.05, 0.1) is 5.39 Å². The molecule has 1 saturated carbocycles. The molecule has 2 aliphatic heterocycles. The standard InChI is InChI=1S/C24H37N7O2/c1-29(2)24(32)31-11-9-30(10-12-31)19-5-3-18(4-6-19)28-23-21-20(17-7-13-33-14-8-17)15-25-22(21)26-16-27-23/h15-19H,3-14H2,1-2H3,(H2,25,26,27,28)/t18-,19-. The van der Waals surface area contributed by atoms with Gasteiger partial charge in [0, 0.05) is 71.8 Å². The first-order valence-electron chi connectivity index (χ1n) is 12.5. The highest BCUT2D eigenvalue weighted by Gasteiger charge is 2.30. The summed E-state index contributed by atoms with van der Waals surface area (Å²) >= 11 is 0. The molecule has 2 aromatic rings. The zero-order valence-electron chi connectivity index (χ0n) is 19.9. The van der Waals surface area contributed by atoms with Crippen molar-refractivity contribution >= 4 is 22.9 Å². The van der Waals surface area contributed by atoms with Gasteiger partial charge in [-0.05, 0) is 50.0 Å². The van der Waals surface area contributed by atoms with E-state index in [9.17, 15) is 4.79 Å². The summed E-state index contributed by atoms with van der Waals surface area (Å²) in [5.74, 6) is 1.48. The predicted octanol–water partition coefficient (Wildman–Crippen LogP) is 2.87. The molecule has 2 amide bonds. The number of ether oxygens (including phenoxy) is 1. The fraction of sp³-hybridized carbons (Fsp3) is 0.708. The zero-order chi connectivity index (χ0) is 22.8. The lowest BCUT2D eigenvalue weighted by Gasteiger charge is -2.42. The lowest BCUT2D eigenvalue weighted by Crippen LogP contribution is -2.54. The van der Waals surface area contributed by atoms with Crippen LogP contribution in [0, 0.1) is 0 Å². The fourth-order valence-corrected chi connectivity index (χ4v) is 5.77. The predicted molar refractivity (Wildman–Crippen MR) is 129 cm³/mol. The number of hydrogen-bond donors (Lipinski definition) is 2. The SMILES string of the molecule is CN(C)C(=O)N1CCN([C@H]2CC[C@H](Nc3ncnc4[nH]cc(C5CCOCC5)c34)CC2)CC1. The van der Waals surface area contributed by atoms with Crippen molar-refractivity contribution in [1.29, 1.82) is 0 Å². The molecule has 0 aromatic carbocycles. The van der Waals surface area contributed by atoms with Gasteiger partial charge >= 0.3 is 6.03 Å². The first-order chi connectivity index (χ1) is 16.1. The maximum atomic E-state index is 12.2. The Kier molecular flexibility index (Phi) is 6.69. The number of amides is 2. The van der Waals surface area contributed by atoms with Crippen LogP contribution in [0.5, 0.6) is 0 Å². The highest BCUT2D eigenvalue weighted by molar-refractivity contribution is 5.91. The van der Waals surface area contributed by atoms with E-state index in [-0.39, 0.29) is 6.03 Å². The molecule has 0 bridgehead atoms. The molecule has 5 rings (SSSR count). The van der Waals surface area contributed by atoms with E-state index >= 15 is 0 Å². The minimum absolute atomic E-state index is 0.128. The van der Waals surface area contributed by atoms with E-state index in [1.807, 2.05) is 19.0 Å². The smallest absolute Gasteiger partial charge is 0.319 e. The van der Waals surface area contributed by atoms with E-state index in [1.165, 1.54) is 18.4 Å². The number of piperazine rings is 1. The average molecular weight is 456 g/mol. The molecule has 0 radical (unpaired) electrons. The van der Waals surface area contributed by atoms with Crippen molar-refractivity contribution in [3.63, 3.8) is 0 Å². The third kappa shape index (κ3) is 4.80. The number of aromatic nitrogens is 3. The van der Waals surface area contributed by atoms with Crippen molar-refractivity contribution in [2.45, 2.75) is 56.5 Å². The lowest BCUT2D eigenvalue weighted by atomic mass is 9.89. The van der Waals surface area contributed by atoms with E-state index in [2.05, 4.69) is 31.4 Å². The topological polar surface area (TPSA) is 89.6 Å². The number of aromatic amines is 1. The Balaban J connectivity index is 1.18. The van der Waals surface area contributed by atoms with E-state index in [0.717, 1.165) is 81.9 Å². The molecule has 2 N–H and O–H groups in total. The van der Waals surface area contributed by atoms with Crippen LogP contribution in [-0.2, 0) is 4.74 Å². The third-order valence-electron chi connectivity index (χ3n) is 7.68. The summed E-state index contributed by atoms with van der Waals surface area (Å²) < 4.78 is 5.57. The number of nitrogens with zero attached hydrogens (tertiary/aromatic N) is 5. The Morgan fingerprint density at radius 3 is 2.48 bits per heavy atom. The summed E-state index contributed by atoms with van der Waals surface area (Å²) in [6, 6.07) is 1.19. The Labute approximate surface area is 195 Å². The number of fused-ring (bicyclic) bond motifs is 1. The Hall–Kier alpha value is -2.39. The van der Waals surface area contributed by atoms with Gasteiger partial charge in [0.15, 0.2) is 0 Å². The monoisotopic (exact) mass is 455 g/mol.